The number of aliphatic imine (C=N–C) groups is 1. The van der Waals surface area contributed by atoms with Gasteiger partial charge < -0.3 is 10.6 Å². The predicted molar refractivity (Wildman–Crippen MR) is 70.8 cm³/mol. The van der Waals surface area contributed by atoms with Crippen LogP contribution < -0.4 is 10.6 Å². The van der Waals surface area contributed by atoms with Gasteiger partial charge in [-0.25, -0.2) is 4.39 Å². The Labute approximate surface area is 115 Å². The number of benzene rings is 1. The van der Waals surface area contributed by atoms with Gasteiger partial charge in [0.25, 0.3) is 5.91 Å². The summed E-state index contributed by atoms with van der Waals surface area (Å²) < 4.78 is 12.9. The highest BCUT2D eigenvalue weighted by Gasteiger charge is 2.36. The van der Waals surface area contributed by atoms with Crippen LogP contribution >= 0.6 is 0 Å². The Morgan fingerprint density at radius 2 is 1.95 bits per heavy atom. The Kier molecular flexibility index (Phi) is 3.31. The Morgan fingerprint density at radius 1 is 1.20 bits per heavy atom. The second-order valence-corrected chi connectivity index (χ2v) is 4.96. The molecule has 1 aromatic rings. The first-order valence-corrected chi connectivity index (χ1v) is 6.57. The van der Waals surface area contributed by atoms with E-state index in [0.29, 0.717) is 11.4 Å². The topological polar surface area (TPSA) is 70.6 Å². The number of amides is 2. The standard InChI is InChI=1S/C14H14FN3O2/c15-9-5-3-8(4-6-9)11-13(19)17-12(18-14(11)20)10-2-1-7-16-10/h3-6,10-11,16H,1-2,7H2,(H,17,18,19,20). The Balaban J connectivity index is 1.86. The maximum absolute atomic E-state index is 12.9. The lowest BCUT2D eigenvalue weighted by Gasteiger charge is -2.23. The van der Waals surface area contributed by atoms with Crippen molar-refractivity contribution in [3.63, 3.8) is 0 Å². The fourth-order valence-electron chi connectivity index (χ4n) is 2.55. The van der Waals surface area contributed by atoms with Crippen molar-refractivity contribution in [3.8, 4) is 0 Å². The zero-order chi connectivity index (χ0) is 14.1. The molecule has 2 amide bonds. The van der Waals surface area contributed by atoms with E-state index in [-0.39, 0.29) is 6.04 Å². The van der Waals surface area contributed by atoms with Gasteiger partial charge >= 0.3 is 0 Å². The highest BCUT2D eigenvalue weighted by atomic mass is 19.1. The molecule has 2 unspecified atom stereocenters. The monoisotopic (exact) mass is 275 g/mol. The molecule has 20 heavy (non-hydrogen) atoms. The molecule has 1 aromatic carbocycles. The summed E-state index contributed by atoms with van der Waals surface area (Å²) in [5.41, 5.74) is 0.455. The number of carbonyl (C=O) groups is 2. The van der Waals surface area contributed by atoms with Gasteiger partial charge in [-0.3, -0.25) is 9.59 Å². The summed E-state index contributed by atoms with van der Waals surface area (Å²) in [4.78, 5) is 28.2. The Morgan fingerprint density at radius 3 is 2.55 bits per heavy atom. The fourth-order valence-corrected chi connectivity index (χ4v) is 2.55. The zero-order valence-electron chi connectivity index (χ0n) is 10.7. The zero-order valence-corrected chi connectivity index (χ0v) is 10.7. The average Bonchev–Trinajstić information content (AvgIpc) is 2.94. The number of nitrogens with zero attached hydrogens (tertiary/aromatic N) is 1. The fraction of sp³-hybridized carbons (Fsp3) is 0.357. The second kappa shape index (κ2) is 5.13. The van der Waals surface area contributed by atoms with E-state index in [9.17, 15) is 14.0 Å². The van der Waals surface area contributed by atoms with Crippen LogP contribution in [-0.4, -0.2) is 30.2 Å². The number of nitrogens with one attached hydrogen (secondary N) is 2. The van der Waals surface area contributed by atoms with E-state index in [1.807, 2.05) is 0 Å². The Hall–Kier alpha value is -2.08. The van der Waals surface area contributed by atoms with Gasteiger partial charge in [-0.2, -0.15) is 4.99 Å². The summed E-state index contributed by atoms with van der Waals surface area (Å²) >= 11 is 0. The highest BCUT2D eigenvalue weighted by Crippen LogP contribution is 2.22. The normalized spacial score (nSPS) is 26.4. The van der Waals surface area contributed by atoms with Crippen molar-refractivity contribution in [2.45, 2.75) is 24.8 Å². The molecular formula is C14H14FN3O2. The van der Waals surface area contributed by atoms with Gasteiger partial charge in [0.15, 0.2) is 0 Å². The molecular weight excluding hydrogens is 261 g/mol. The summed E-state index contributed by atoms with van der Waals surface area (Å²) in [6.07, 6.45) is 1.85. The summed E-state index contributed by atoms with van der Waals surface area (Å²) in [5, 5.41) is 5.87. The number of rotatable bonds is 2. The molecule has 0 aliphatic carbocycles. The number of halogens is 1. The largest absolute Gasteiger partial charge is 0.312 e. The number of amidine groups is 1. The molecule has 0 aromatic heterocycles. The summed E-state index contributed by atoms with van der Waals surface area (Å²) in [5.74, 6) is -1.89. The smallest absolute Gasteiger partial charge is 0.264 e. The van der Waals surface area contributed by atoms with E-state index in [4.69, 9.17) is 0 Å². The number of hydrogen-bond acceptors (Lipinski definition) is 3. The van der Waals surface area contributed by atoms with Gasteiger partial charge in [-0.1, -0.05) is 12.1 Å². The third-order valence-corrected chi connectivity index (χ3v) is 3.58. The van der Waals surface area contributed by atoms with Crippen LogP contribution in [0.3, 0.4) is 0 Å². The molecule has 2 N–H and O–H groups in total. The summed E-state index contributed by atoms with van der Waals surface area (Å²) in [7, 11) is 0. The van der Waals surface area contributed by atoms with E-state index in [2.05, 4.69) is 15.6 Å². The quantitative estimate of drug-likeness (QED) is 0.781. The third kappa shape index (κ3) is 2.34. The first kappa shape index (κ1) is 12.9. The highest BCUT2D eigenvalue weighted by molar-refractivity contribution is 6.20. The van der Waals surface area contributed by atoms with Gasteiger partial charge in [-0.05, 0) is 37.1 Å². The van der Waals surface area contributed by atoms with E-state index in [1.54, 1.807) is 0 Å². The van der Waals surface area contributed by atoms with Gasteiger partial charge in [0.1, 0.15) is 17.6 Å². The van der Waals surface area contributed by atoms with Crippen molar-refractivity contribution < 1.29 is 14.0 Å². The van der Waals surface area contributed by atoms with Crippen LogP contribution in [0.2, 0.25) is 0 Å². The molecule has 104 valence electrons. The maximum atomic E-state index is 12.9. The lowest BCUT2D eigenvalue weighted by molar-refractivity contribution is -0.129. The number of hydrogen-bond donors (Lipinski definition) is 2. The van der Waals surface area contributed by atoms with Crippen LogP contribution in [0.25, 0.3) is 0 Å². The van der Waals surface area contributed by atoms with Crippen LogP contribution in [0.4, 0.5) is 4.39 Å². The molecule has 6 heteroatoms. The van der Waals surface area contributed by atoms with E-state index in [1.165, 1.54) is 24.3 Å². The molecule has 0 saturated carbocycles. The average molecular weight is 275 g/mol. The van der Waals surface area contributed by atoms with Crippen LogP contribution in [-0.2, 0) is 9.59 Å². The summed E-state index contributed by atoms with van der Waals surface area (Å²) in [6, 6.07) is 5.27. The minimum Gasteiger partial charge on any atom is -0.312 e. The van der Waals surface area contributed by atoms with E-state index < -0.39 is 23.5 Å². The van der Waals surface area contributed by atoms with Crippen LogP contribution in [0.15, 0.2) is 29.3 Å². The Bertz CT molecular complexity index is 577. The first-order chi connectivity index (χ1) is 9.65. The van der Waals surface area contributed by atoms with Crippen molar-refractivity contribution in [3.05, 3.63) is 35.6 Å². The molecule has 1 saturated heterocycles. The molecule has 0 bridgehead atoms. The minimum absolute atomic E-state index is 0.0583. The van der Waals surface area contributed by atoms with Crippen molar-refractivity contribution in [2.75, 3.05) is 6.54 Å². The molecule has 2 atom stereocenters. The van der Waals surface area contributed by atoms with E-state index >= 15 is 0 Å². The van der Waals surface area contributed by atoms with Crippen molar-refractivity contribution >= 4 is 17.6 Å². The SMILES string of the molecule is O=C1N=C(C2CCCN2)NC(=O)C1c1ccc(F)cc1. The lowest BCUT2D eigenvalue weighted by Crippen LogP contribution is -2.50. The predicted octanol–water partition coefficient (Wildman–Crippen LogP) is 0.716. The third-order valence-electron chi connectivity index (χ3n) is 3.58. The van der Waals surface area contributed by atoms with Gasteiger partial charge in [0.05, 0.1) is 6.04 Å². The van der Waals surface area contributed by atoms with Gasteiger partial charge in [0.2, 0.25) is 5.91 Å². The molecule has 5 nitrogen and oxygen atoms in total. The van der Waals surface area contributed by atoms with Crippen molar-refractivity contribution in [2.24, 2.45) is 4.99 Å². The van der Waals surface area contributed by atoms with Crippen molar-refractivity contribution in [1.82, 2.24) is 10.6 Å². The minimum atomic E-state index is -0.985. The van der Waals surface area contributed by atoms with Crippen LogP contribution in [0, 0.1) is 5.82 Å². The second-order valence-electron chi connectivity index (χ2n) is 4.96. The molecule has 2 heterocycles. The molecule has 2 aliphatic rings. The van der Waals surface area contributed by atoms with Crippen molar-refractivity contribution in [1.29, 1.82) is 0 Å². The first-order valence-electron chi connectivity index (χ1n) is 6.57. The molecule has 1 fully saturated rings. The molecule has 2 aliphatic heterocycles. The van der Waals surface area contributed by atoms with Gasteiger partial charge in [0, 0.05) is 0 Å². The molecule has 0 radical (unpaired) electrons. The van der Waals surface area contributed by atoms with E-state index in [0.717, 1.165) is 19.4 Å². The summed E-state index contributed by atoms with van der Waals surface area (Å²) in [6.45, 7) is 0.856. The maximum Gasteiger partial charge on any atom is 0.264 e. The number of carbonyl (C=O) groups excluding carboxylic acids is 2. The lowest BCUT2D eigenvalue weighted by atomic mass is 9.95. The molecule has 3 rings (SSSR count). The van der Waals surface area contributed by atoms with Gasteiger partial charge in [-0.15, -0.1) is 0 Å². The molecule has 0 spiro atoms. The van der Waals surface area contributed by atoms with Crippen LogP contribution in [0.5, 0.6) is 0 Å². The van der Waals surface area contributed by atoms with Crippen LogP contribution in [0.1, 0.15) is 24.3 Å².